The summed E-state index contributed by atoms with van der Waals surface area (Å²) >= 11 is 3.73. The van der Waals surface area contributed by atoms with Gasteiger partial charge < -0.3 is 4.42 Å². The molecule has 0 amide bonds. The van der Waals surface area contributed by atoms with E-state index in [9.17, 15) is 0 Å². The molecule has 78 valence electrons. The number of aryl methyl sites for hydroxylation is 1. The fourth-order valence-electron chi connectivity index (χ4n) is 2.39. The molecule has 0 N–H and O–H groups in total. The van der Waals surface area contributed by atoms with Gasteiger partial charge in [-0.1, -0.05) is 22.9 Å². The number of hydrogen-bond acceptors (Lipinski definition) is 1. The van der Waals surface area contributed by atoms with E-state index in [0.717, 1.165) is 11.7 Å². The lowest BCUT2D eigenvalue weighted by molar-refractivity contribution is 0.338. The van der Waals surface area contributed by atoms with Gasteiger partial charge in [0.15, 0.2) is 0 Å². The van der Waals surface area contributed by atoms with Crippen LogP contribution in [0.4, 0.5) is 0 Å². The van der Waals surface area contributed by atoms with Crippen LogP contribution in [0, 0.1) is 12.8 Å². The van der Waals surface area contributed by atoms with Crippen LogP contribution in [-0.4, -0.2) is 4.83 Å². The second kappa shape index (κ2) is 4.09. The lowest BCUT2D eigenvalue weighted by Gasteiger charge is -2.31. The third kappa shape index (κ3) is 2.05. The molecule has 0 bridgehead atoms. The Balaban J connectivity index is 2.15. The largest absolute Gasteiger partial charge is 0.469 e. The van der Waals surface area contributed by atoms with Gasteiger partial charge in [-0.3, -0.25) is 0 Å². The van der Waals surface area contributed by atoms with Crippen molar-refractivity contribution in [2.24, 2.45) is 5.92 Å². The smallest absolute Gasteiger partial charge is 0.100 e. The summed E-state index contributed by atoms with van der Waals surface area (Å²) in [5.74, 6) is 2.51. The van der Waals surface area contributed by atoms with E-state index >= 15 is 0 Å². The van der Waals surface area contributed by atoms with Crippen LogP contribution in [0.1, 0.15) is 43.4 Å². The van der Waals surface area contributed by atoms with Crippen LogP contribution in [0.3, 0.4) is 0 Å². The monoisotopic (exact) mass is 256 g/mol. The third-order valence-electron chi connectivity index (χ3n) is 3.31. The molecule has 0 aromatic carbocycles. The van der Waals surface area contributed by atoms with Gasteiger partial charge in [-0.15, -0.1) is 0 Å². The molecule has 3 atom stereocenters. The molecule has 1 heterocycles. The number of rotatable bonds is 1. The van der Waals surface area contributed by atoms with Gasteiger partial charge in [0.1, 0.15) is 5.76 Å². The van der Waals surface area contributed by atoms with Crippen LogP contribution in [0.25, 0.3) is 0 Å². The van der Waals surface area contributed by atoms with Crippen LogP contribution >= 0.6 is 15.9 Å². The number of halogens is 1. The molecule has 1 aromatic rings. The minimum atomic E-state index is 0.686. The van der Waals surface area contributed by atoms with E-state index in [4.69, 9.17) is 4.42 Å². The standard InChI is InChI=1S/C12H17BrO/c1-8-3-4-11(13)6-12(8)10-5-9(2)14-7-10/h5,7-8,11-12H,3-4,6H2,1-2H3. The van der Waals surface area contributed by atoms with Gasteiger partial charge in [-0.05, 0) is 49.7 Å². The zero-order valence-electron chi connectivity index (χ0n) is 8.79. The first-order chi connectivity index (χ1) is 6.66. The Morgan fingerprint density at radius 1 is 1.43 bits per heavy atom. The minimum absolute atomic E-state index is 0.686. The topological polar surface area (TPSA) is 13.1 Å². The lowest BCUT2D eigenvalue weighted by Crippen LogP contribution is -2.20. The summed E-state index contributed by atoms with van der Waals surface area (Å²) in [6, 6.07) is 2.19. The summed E-state index contributed by atoms with van der Waals surface area (Å²) < 4.78 is 5.39. The number of hydrogen-bond donors (Lipinski definition) is 0. The first-order valence-corrected chi connectivity index (χ1v) is 6.27. The van der Waals surface area contributed by atoms with Crippen LogP contribution in [-0.2, 0) is 0 Å². The van der Waals surface area contributed by atoms with Crippen molar-refractivity contribution in [3.8, 4) is 0 Å². The maximum Gasteiger partial charge on any atom is 0.100 e. The van der Waals surface area contributed by atoms with Gasteiger partial charge in [-0.2, -0.15) is 0 Å². The molecular formula is C12H17BrO. The number of alkyl halides is 1. The third-order valence-corrected chi connectivity index (χ3v) is 4.14. The quantitative estimate of drug-likeness (QED) is 0.685. The van der Waals surface area contributed by atoms with E-state index in [-0.39, 0.29) is 0 Å². The Hall–Kier alpha value is -0.240. The summed E-state index contributed by atoms with van der Waals surface area (Å²) in [7, 11) is 0. The van der Waals surface area contributed by atoms with E-state index in [1.807, 2.05) is 13.2 Å². The molecule has 0 spiro atoms. The summed E-state index contributed by atoms with van der Waals surface area (Å²) in [6.07, 6.45) is 5.82. The Morgan fingerprint density at radius 2 is 2.21 bits per heavy atom. The molecule has 0 radical (unpaired) electrons. The van der Waals surface area contributed by atoms with E-state index < -0.39 is 0 Å². The molecule has 0 saturated heterocycles. The lowest BCUT2D eigenvalue weighted by atomic mass is 9.77. The maximum atomic E-state index is 5.39. The molecule has 2 rings (SSSR count). The molecule has 3 unspecified atom stereocenters. The molecule has 1 aliphatic rings. The molecule has 0 aliphatic heterocycles. The van der Waals surface area contributed by atoms with Crippen molar-refractivity contribution in [2.45, 2.75) is 43.9 Å². The van der Waals surface area contributed by atoms with Gasteiger partial charge in [-0.25, -0.2) is 0 Å². The van der Waals surface area contributed by atoms with Gasteiger partial charge in [0.25, 0.3) is 0 Å². The van der Waals surface area contributed by atoms with Gasteiger partial charge in [0.2, 0.25) is 0 Å². The van der Waals surface area contributed by atoms with Crippen LogP contribution in [0.2, 0.25) is 0 Å². The molecule has 1 saturated carbocycles. The number of furan rings is 1. The summed E-state index contributed by atoms with van der Waals surface area (Å²) in [5.41, 5.74) is 1.39. The van der Waals surface area contributed by atoms with Crippen molar-refractivity contribution in [3.05, 3.63) is 23.7 Å². The Kier molecular flexibility index (Phi) is 3.01. The highest BCUT2D eigenvalue weighted by Gasteiger charge is 2.28. The molecule has 2 heteroatoms. The van der Waals surface area contributed by atoms with Gasteiger partial charge in [0, 0.05) is 4.83 Å². The molecule has 1 aromatic heterocycles. The van der Waals surface area contributed by atoms with Crippen LogP contribution < -0.4 is 0 Å². The summed E-state index contributed by atoms with van der Waals surface area (Å²) in [5, 5.41) is 0. The first kappa shape index (κ1) is 10.3. The molecule has 14 heavy (non-hydrogen) atoms. The Morgan fingerprint density at radius 3 is 2.86 bits per heavy atom. The fourth-order valence-corrected chi connectivity index (χ4v) is 3.06. The van der Waals surface area contributed by atoms with E-state index in [1.165, 1.54) is 24.8 Å². The highest BCUT2D eigenvalue weighted by molar-refractivity contribution is 9.09. The van der Waals surface area contributed by atoms with Crippen molar-refractivity contribution in [2.75, 3.05) is 0 Å². The van der Waals surface area contributed by atoms with Crippen molar-refractivity contribution in [1.29, 1.82) is 0 Å². The maximum absolute atomic E-state index is 5.39. The minimum Gasteiger partial charge on any atom is -0.469 e. The average Bonchev–Trinajstić information content (AvgIpc) is 2.56. The predicted molar refractivity (Wildman–Crippen MR) is 61.9 cm³/mol. The molecular weight excluding hydrogens is 240 g/mol. The van der Waals surface area contributed by atoms with E-state index in [1.54, 1.807) is 0 Å². The summed E-state index contributed by atoms with van der Waals surface area (Å²) in [4.78, 5) is 0.693. The molecule has 1 nitrogen and oxygen atoms in total. The SMILES string of the molecule is Cc1cc(C2CC(Br)CCC2C)co1. The second-order valence-electron chi connectivity index (χ2n) is 4.48. The Bertz CT molecular complexity index is 305. The van der Waals surface area contributed by atoms with Crippen LogP contribution in [0.15, 0.2) is 16.7 Å². The molecule has 1 fully saturated rings. The van der Waals surface area contributed by atoms with Crippen molar-refractivity contribution >= 4 is 15.9 Å². The average molecular weight is 257 g/mol. The normalized spacial score (nSPS) is 33.2. The van der Waals surface area contributed by atoms with Gasteiger partial charge in [0.05, 0.1) is 6.26 Å². The van der Waals surface area contributed by atoms with E-state index in [0.29, 0.717) is 10.7 Å². The zero-order valence-corrected chi connectivity index (χ0v) is 10.4. The van der Waals surface area contributed by atoms with Crippen molar-refractivity contribution in [3.63, 3.8) is 0 Å². The van der Waals surface area contributed by atoms with Crippen molar-refractivity contribution in [1.82, 2.24) is 0 Å². The van der Waals surface area contributed by atoms with E-state index in [2.05, 4.69) is 28.9 Å². The van der Waals surface area contributed by atoms with Gasteiger partial charge >= 0.3 is 0 Å². The summed E-state index contributed by atoms with van der Waals surface area (Å²) in [6.45, 7) is 4.37. The molecule has 1 aliphatic carbocycles. The highest BCUT2D eigenvalue weighted by atomic mass is 79.9. The predicted octanol–water partition coefficient (Wildman–Crippen LogP) is 4.26. The second-order valence-corrected chi connectivity index (χ2v) is 5.78. The fraction of sp³-hybridized carbons (Fsp3) is 0.667. The van der Waals surface area contributed by atoms with Crippen molar-refractivity contribution < 1.29 is 4.42 Å². The first-order valence-electron chi connectivity index (χ1n) is 5.36. The zero-order chi connectivity index (χ0) is 10.1. The Labute approximate surface area is 94.0 Å². The highest BCUT2D eigenvalue weighted by Crippen LogP contribution is 2.40. The van der Waals surface area contributed by atoms with Crippen LogP contribution in [0.5, 0.6) is 0 Å².